The van der Waals surface area contributed by atoms with Gasteiger partial charge in [-0.25, -0.2) is 4.68 Å². The fourth-order valence-corrected chi connectivity index (χ4v) is 4.12. The summed E-state index contributed by atoms with van der Waals surface area (Å²) < 4.78 is 1.72. The molecule has 3 aromatic carbocycles. The zero-order valence-corrected chi connectivity index (χ0v) is 20.4. The van der Waals surface area contributed by atoms with E-state index in [2.05, 4.69) is 20.7 Å². The molecule has 0 saturated heterocycles. The van der Waals surface area contributed by atoms with E-state index in [0.717, 1.165) is 22.4 Å². The molecule has 1 aliphatic rings. The van der Waals surface area contributed by atoms with E-state index in [1.807, 2.05) is 72.8 Å². The van der Waals surface area contributed by atoms with Crippen molar-refractivity contribution >= 4 is 64.4 Å². The van der Waals surface area contributed by atoms with Crippen LogP contribution in [0.25, 0.3) is 11.8 Å². The van der Waals surface area contributed by atoms with E-state index in [0.29, 0.717) is 21.0 Å². The molecule has 2 heterocycles. The standard InChI is InChI=1S/C26H18Cl3N5O/c27-19-10-5-17(6-11-19)22-15-23(18-7-12-20(28)13-8-18)34-26(30-22)32-25(33-34)31-24(35)14-9-16-3-1-2-4-21(16)29/h1-15,23H,(H2,30,31,32,33,35)/b14-9+. The van der Waals surface area contributed by atoms with Crippen molar-refractivity contribution in [3.05, 3.63) is 117 Å². The number of fused-ring (bicyclic) bond motifs is 1. The Labute approximate surface area is 216 Å². The normalized spacial score (nSPS) is 14.8. The number of carbonyl (C=O) groups is 1. The molecule has 1 aromatic heterocycles. The summed E-state index contributed by atoms with van der Waals surface area (Å²) in [6.45, 7) is 0. The van der Waals surface area contributed by atoms with E-state index >= 15 is 0 Å². The van der Waals surface area contributed by atoms with Crippen LogP contribution in [-0.4, -0.2) is 20.7 Å². The van der Waals surface area contributed by atoms with Crippen molar-refractivity contribution in [3.63, 3.8) is 0 Å². The molecular formula is C26H18Cl3N5O. The summed E-state index contributed by atoms with van der Waals surface area (Å²) in [5, 5.41) is 12.4. The summed E-state index contributed by atoms with van der Waals surface area (Å²) in [6, 6.07) is 22.0. The lowest BCUT2D eigenvalue weighted by Crippen LogP contribution is -2.20. The number of carbonyl (C=O) groups excluding carboxylic acids is 1. The van der Waals surface area contributed by atoms with E-state index in [1.54, 1.807) is 16.8 Å². The first-order valence-electron chi connectivity index (χ1n) is 10.7. The van der Waals surface area contributed by atoms with Gasteiger partial charge in [0.05, 0.1) is 0 Å². The largest absolute Gasteiger partial charge is 0.324 e. The van der Waals surface area contributed by atoms with Crippen LogP contribution < -0.4 is 10.6 Å². The van der Waals surface area contributed by atoms with Gasteiger partial charge in [0.1, 0.15) is 6.04 Å². The average Bonchev–Trinajstić information content (AvgIpc) is 3.26. The predicted octanol–water partition coefficient (Wildman–Crippen LogP) is 6.95. The maximum Gasteiger partial charge on any atom is 0.250 e. The number of hydrogen-bond acceptors (Lipinski definition) is 4. The highest BCUT2D eigenvalue weighted by Crippen LogP contribution is 2.34. The van der Waals surface area contributed by atoms with Crippen molar-refractivity contribution < 1.29 is 4.79 Å². The van der Waals surface area contributed by atoms with Crippen molar-refractivity contribution in [2.75, 3.05) is 10.6 Å². The molecule has 6 nitrogen and oxygen atoms in total. The molecule has 0 fully saturated rings. The van der Waals surface area contributed by atoms with Gasteiger partial charge in [0.15, 0.2) is 0 Å². The number of aromatic nitrogens is 3. The number of amides is 1. The molecule has 0 saturated carbocycles. The molecule has 1 amide bonds. The summed E-state index contributed by atoms with van der Waals surface area (Å²) >= 11 is 18.3. The molecule has 5 rings (SSSR count). The Hall–Kier alpha value is -3.58. The van der Waals surface area contributed by atoms with Gasteiger partial charge in [0, 0.05) is 26.8 Å². The molecule has 35 heavy (non-hydrogen) atoms. The number of nitrogens with zero attached hydrogens (tertiary/aromatic N) is 3. The third-order valence-corrected chi connectivity index (χ3v) is 6.24. The molecule has 0 bridgehead atoms. The van der Waals surface area contributed by atoms with Crippen LogP contribution in [0, 0.1) is 0 Å². The molecule has 0 aliphatic carbocycles. The average molecular weight is 523 g/mol. The maximum absolute atomic E-state index is 12.5. The van der Waals surface area contributed by atoms with E-state index < -0.39 is 0 Å². The lowest BCUT2D eigenvalue weighted by molar-refractivity contribution is -0.111. The summed E-state index contributed by atoms with van der Waals surface area (Å²) in [7, 11) is 0. The first-order chi connectivity index (χ1) is 17.0. The van der Waals surface area contributed by atoms with Crippen LogP contribution in [0.15, 0.2) is 84.9 Å². The highest BCUT2D eigenvalue weighted by molar-refractivity contribution is 6.32. The third-order valence-electron chi connectivity index (χ3n) is 5.39. The van der Waals surface area contributed by atoms with Gasteiger partial charge < -0.3 is 5.32 Å². The minimum atomic E-state index is -0.373. The first-order valence-corrected chi connectivity index (χ1v) is 11.8. The first kappa shape index (κ1) is 23.2. The number of nitrogens with one attached hydrogen (secondary N) is 2. The van der Waals surface area contributed by atoms with Crippen LogP contribution >= 0.6 is 34.8 Å². The van der Waals surface area contributed by atoms with Gasteiger partial charge in [-0.1, -0.05) is 77.3 Å². The van der Waals surface area contributed by atoms with Crippen LogP contribution in [0.2, 0.25) is 15.1 Å². The second-order valence-corrected chi connectivity index (χ2v) is 9.04. The highest BCUT2D eigenvalue weighted by Gasteiger charge is 2.25. The Kier molecular flexibility index (Phi) is 6.59. The second-order valence-electron chi connectivity index (χ2n) is 7.76. The Balaban J connectivity index is 1.44. The van der Waals surface area contributed by atoms with Crippen LogP contribution in [0.5, 0.6) is 0 Å². The smallest absolute Gasteiger partial charge is 0.250 e. The summed E-state index contributed by atoms with van der Waals surface area (Å²) in [6.07, 6.45) is 5.07. The summed E-state index contributed by atoms with van der Waals surface area (Å²) in [5.41, 5.74) is 3.49. The van der Waals surface area contributed by atoms with Crippen LogP contribution in [-0.2, 0) is 4.79 Å². The van der Waals surface area contributed by atoms with Crippen molar-refractivity contribution in [1.82, 2.24) is 14.8 Å². The van der Waals surface area contributed by atoms with Gasteiger partial charge in [-0.2, -0.15) is 4.98 Å². The lowest BCUT2D eigenvalue weighted by atomic mass is 10.0. The fraction of sp³-hybridized carbons (Fsp3) is 0.0385. The molecule has 4 aromatic rings. The predicted molar refractivity (Wildman–Crippen MR) is 142 cm³/mol. The molecule has 9 heteroatoms. The highest BCUT2D eigenvalue weighted by atomic mass is 35.5. The van der Waals surface area contributed by atoms with Gasteiger partial charge in [-0.15, -0.1) is 5.10 Å². The Morgan fingerprint density at radius 1 is 0.943 bits per heavy atom. The van der Waals surface area contributed by atoms with Gasteiger partial charge in [-0.05, 0) is 59.2 Å². The van der Waals surface area contributed by atoms with Crippen molar-refractivity contribution in [3.8, 4) is 0 Å². The maximum atomic E-state index is 12.5. The lowest BCUT2D eigenvalue weighted by Gasteiger charge is -2.24. The SMILES string of the molecule is O=C(/C=C/c1ccccc1Cl)Nc1nc2n(n1)C(c1ccc(Cl)cc1)C=C(c1ccc(Cl)cc1)N2. The quantitative estimate of drug-likeness (QED) is 0.278. The van der Waals surface area contributed by atoms with Crippen LogP contribution in [0.1, 0.15) is 22.7 Å². The fourth-order valence-electron chi connectivity index (χ4n) is 3.67. The Morgan fingerprint density at radius 2 is 1.63 bits per heavy atom. The minimum absolute atomic E-state index is 0.172. The number of benzene rings is 3. The second kappa shape index (κ2) is 9.96. The molecule has 1 unspecified atom stereocenters. The van der Waals surface area contributed by atoms with Crippen molar-refractivity contribution in [1.29, 1.82) is 0 Å². The molecule has 2 N–H and O–H groups in total. The minimum Gasteiger partial charge on any atom is -0.324 e. The van der Waals surface area contributed by atoms with Gasteiger partial charge >= 0.3 is 0 Å². The number of anilines is 2. The molecule has 0 spiro atoms. The van der Waals surface area contributed by atoms with Crippen molar-refractivity contribution in [2.24, 2.45) is 0 Å². The van der Waals surface area contributed by atoms with E-state index in [9.17, 15) is 4.79 Å². The van der Waals surface area contributed by atoms with Crippen LogP contribution in [0.4, 0.5) is 11.9 Å². The summed E-state index contributed by atoms with van der Waals surface area (Å²) in [5.74, 6) is 0.288. The van der Waals surface area contributed by atoms with Gasteiger partial charge in [-0.3, -0.25) is 10.1 Å². The molecular weight excluding hydrogens is 505 g/mol. The number of allylic oxidation sites excluding steroid dienone is 1. The van der Waals surface area contributed by atoms with E-state index in [1.165, 1.54) is 6.08 Å². The Bertz CT molecular complexity index is 1440. The van der Waals surface area contributed by atoms with E-state index in [-0.39, 0.29) is 17.9 Å². The monoisotopic (exact) mass is 521 g/mol. The van der Waals surface area contributed by atoms with Crippen molar-refractivity contribution in [2.45, 2.75) is 6.04 Å². The van der Waals surface area contributed by atoms with Gasteiger partial charge in [0.2, 0.25) is 5.95 Å². The number of hydrogen-bond donors (Lipinski definition) is 2. The van der Waals surface area contributed by atoms with Gasteiger partial charge in [0.25, 0.3) is 11.9 Å². The Morgan fingerprint density at radius 3 is 2.34 bits per heavy atom. The summed E-state index contributed by atoms with van der Waals surface area (Å²) in [4.78, 5) is 17.0. The molecule has 1 aliphatic heterocycles. The van der Waals surface area contributed by atoms with E-state index in [4.69, 9.17) is 34.8 Å². The third kappa shape index (κ3) is 5.25. The molecule has 0 radical (unpaired) electrons. The zero-order chi connectivity index (χ0) is 24.4. The molecule has 1 atom stereocenters. The molecule has 174 valence electrons. The zero-order valence-electron chi connectivity index (χ0n) is 18.1. The number of rotatable bonds is 5. The van der Waals surface area contributed by atoms with Crippen LogP contribution in [0.3, 0.4) is 0 Å². The topological polar surface area (TPSA) is 71.8 Å². The number of halogens is 3.